The third-order valence-corrected chi connectivity index (χ3v) is 5.37. The number of nitrogens with zero attached hydrogens (tertiary/aromatic N) is 1. The molecule has 7 heteroatoms. The number of carbonyl (C=O) groups is 2. The molecular formula is C22H26Cl2N2O3. The van der Waals surface area contributed by atoms with E-state index in [1.54, 1.807) is 37.3 Å². The zero-order valence-electron chi connectivity index (χ0n) is 16.8. The predicted octanol–water partition coefficient (Wildman–Crippen LogP) is 4.70. The average Bonchev–Trinajstić information content (AvgIpc) is 2.72. The first kappa shape index (κ1) is 23.0. The Morgan fingerprint density at radius 1 is 1.03 bits per heavy atom. The highest BCUT2D eigenvalue weighted by Crippen LogP contribution is 2.26. The molecule has 0 aliphatic rings. The van der Waals surface area contributed by atoms with Crippen LogP contribution < -0.4 is 10.1 Å². The van der Waals surface area contributed by atoms with Gasteiger partial charge >= 0.3 is 0 Å². The summed E-state index contributed by atoms with van der Waals surface area (Å²) in [6.45, 7) is 5.48. The van der Waals surface area contributed by atoms with Crippen LogP contribution in [0.4, 0.5) is 0 Å². The van der Waals surface area contributed by atoms with E-state index in [-0.39, 0.29) is 31.0 Å². The summed E-state index contributed by atoms with van der Waals surface area (Å²) in [6, 6.07) is 13.5. The molecule has 0 fully saturated rings. The zero-order chi connectivity index (χ0) is 21.4. The van der Waals surface area contributed by atoms with E-state index in [1.807, 2.05) is 32.0 Å². The van der Waals surface area contributed by atoms with Crippen molar-refractivity contribution in [1.29, 1.82) is 0 Å². The summed E-state index contributed by atoms with van der Waals surface area (Å²) in [4.78, 5) is 27.1. The van der Waals surface area contributed by atoms with Crippen molar-refractivity contribution in [2.24, 2.45) is 0 Å². The normalized spacial score (nSPS) is 12.7. The van der Waals surface area contributed by atoms with E-state index in [1.165, 1.54) is 4.90 Å². The first-order chi connectivity index (χ1) is 13.8. The van der Waals surface area contributed by atoms with E-state index >= 15 is 0 Å². The number of para-hydroxylation sites is 1. The van der Waals surface area contributed by atoms with E-state index < -0.39 is 6.04 Å². The summed E-state index contributed by atoms with van der Waals surface area (Å²) in [6.07, 6.45) is 0.792. The van der Waals surface area contributed by atoms with Gasteiger partial charge in [0.05, 0.1) is 0 Å². The molecule has 29 heavy (non-hydrogen) atoms. The van der Waals surface area contributed by atoms with Crippen molar-refractivity contribution in [3.8, 4) is 5.75 Å². The first-order valence-electron chi connectivity index (χ1n) is 9.54. The molecular weight excluding hydrogens is 411 g/mol. The van der Waals surface area contributed by atoms with Crippen LogP contribution in [0.1, 0.15) is 32.8 Å². The van der Waals surface area contributed by atoms with Gasteiger partial charge in [-0.15, -0.1) is 0 Å². The SMILES string of the molecule is CCC(C)NC(=O)C(C)N(Cc1c(Cl)cccc1Cl)C(=O)COc1ccccc1. The molecule has 0 spiro atoms. The maximum absolute atomic E-state index is 13.0. The zero-order valence-corrected chi connectivity index (χ0v) is 18.3. The smallest absolute Gasteiger partial charge is 0.261 e. The van der Waals surface area contributed by atoms with Gasteiger partial charge < -0.3 is 15.0 Å². The van der Waals surface area contributed by atoms with Gasteiger partial charge in [-0.05, 0) is 44.5 Å². The predicted molar refractivity (Wildman–Crippen MR) is 116 cm³/mol. The van der Waals surface area contributed by atoms with Crippen molar-refractivity contribution in [3.63, 3.8) is 0 Å². The van der Waals surface area contributed by atoms with Crippen LogP contribution in [0.15, 0.2) is 48.5 Å². The number of hydrogen-bond acceptors (Lipinski definition) is 3. The number of rotatable bonds is 9. The lowest BCUT2D eigenvalue weighted by molar-refractivity contribution is -0.142. The Bertz CT molecular complexity index is 810. The van der Waals surface area contributed by atoms with Gasteiger partial charge in [-0.3, -0.25) is 9.59 Å². The maximum Gasteiger partial charge on any atom is 0.261 e. The Kier molecular flexibility index (Phi) is 8.80. The number of hydrogen-bond donors (Lipinski definition) is 1. The van der Waals surface area contributed by atoms with E-state index in [0.717, 1.165) is 6.42 Å². The van der Waals surface area contributed by atoms with Gasteiger partial charge in [0, 0.05) is 28.2 Å². The van der Waals surface area contributed by atoms with Gasteiger partial charge in [0.25, 0.3) is 5.91 Å². The molecule has 2 rings (SSSR count). The molecule has 0 saturated carbocycles. The Hall–Kier alpha value is -2.24. The van der Waals surface area contributed by atoms with Crippen LogP contribution in [0, 0.1) is 0 Å². The van der Waals surface area contributed by atoms with Crippen LogP contribution in [-0.4, -0.2) is 35.4 Å². The molecule has 2 aromatic rings. The minimum Gasteiger partial charge on any atom is -0.484 e. The average molecular weight is 437 g/mol. The second-order valence-corrected chi connectivity index (χ2v) is 7.63. The summed E-state index contributed by atoms with van der Waals surface area (Å²) >= 11 is 12.6. The monoisotopic (exact) mass is 436 g/mol. The quantitative estimate of drug-likeness (QED) is 0.619. The number of nitrogens with one attached hydrogen (secondary N) is 1. The molecule has 0 radical (unpaired) electrons. The topological polar surface area (TPSA) is 58.6 Å². The highest BCUT2D eigenvalue weighted by molar-refractivity contribution is 6.36. The molecule has 1 N–H and O–H groups in total. The van der Waals surface area contributed by atoms with Crippen LogP contribution in [0.25, 0.3) is 0 Å². The van der Waals surface area contributed by atoms with E-state index in [9.17, 15) is 9.59 Å². The second-order valence-electron chi connectivity index (χ2n) is 6.82. The summed E-state index contributed by atoms with van der Waals surface area (Å²) in [5.74, 6) is 0.000476. The lowest BCUT2D eigenvalue weighted by Crippen LogP contribution is -2.50. The van der Waals surface area contributed by atoms with E-state index in [4.69, 9.17) is 27.9 Å². The Morgan fingerprint density at radius 3 is 2.24 bits per heavy atom. The van der Waals surface area contributed by atoms with Crippen molar-refractivity contribution in [1.82, 2.24) is 10.2 Å². The molecule has 0 heterocycles. The summed E-state index contributed by atoms with van der Waals surface area (Å²) < 4.78 is 5.59. The highest BCUT2D eigenvalue weighted by atomic mass is 35.5. The van der Waals surface area contributed by atoms with Crippen LogP contribution in [0.3, 0.4) is 0 Å². The molecule has 2 unspecified atom stereocenters. The molecule has 0 bridgehead atoms. The largest absolute Gasteiger partial charge is 0.484 e. The van der Waals surface area contributed by atoms with Gasteiger partial charge in [-0.2, -0.15) is 0 Å². The second kappa shape index (κ2) is 11.1. The minimum atomic E-state index is -0.719. The van der Waals surface area contributed by atoms with Crippen LogP contribution in [0.2, 0.25) is 10.0 Å². The summed E-state index contributed by atoms with van der Waals surface area (Å²) in [7, 11) is 0. The van der Waals surface area contributed by atoms with Crippen LogP contribution in [-0.2, 0) is 16.1 Å². The highest BCUT2D eigenvalue weighted by Gasteiger charge is 2.28. The lowest BCUT2D eigenvalue weighted by Gasteiger charge is -2.30. The molecule has 2 amide bonds. The van der Waals surface area contributed by atoms with Gasteiger partial charge in [-0.25, -0.2) is 0 Å². The fourth-order valence-electron chi connectivity index (χ4n) is 2.65. The minimum absolute atomic E-state index is 0.00590. The van der Waals surface area contributed by atoms with Crippen LogP contribution in [0.5, 0.6) is 5.75 Å². The molecule has 0 aliphatic carbocycles. The maximum atomic E-state index is 13.0. The number of amides is 2. The molecule has 0 saturated heterocycles. The summed E-state index contributed by atoms with van der Waals surface area (Å²) in [5.41, 5.74) is 0.590. The van der Waals surface area contributed by atoms with Gasteiger partial charge in [0.15, 0.2) is 6.61 Å². The van der Waals surface area contributed by atoms with Gasteiger partial charge in [-0.1, -0.05) is 54.4 Å². The molecule has 2 atom stereocenters. The van der Waals surface area contributed by atoms with Crippen molar-refractivity contribution < 1.29 is 14.3 Å². The van der Waals surface area contributed by atoms with Crippen LogP contribution >= 0.6 is 23.2 Å². The standard InChI is InChI=1S/C22H26Cl2N2O3/c1-4-15(2)25-22(28)16(3)26(13-18-19(23)11-8-12-20(18)24)21(27)14-29-17-9-6-5-7-10-17/h5-12,15-16H,4,13-14H2,1-3H3,(H,25,28). The molecule has 5 nitrogen and oxygen atoms in total. The van der Waals surface area contributed by atoms with Crippen molar-refractivity contribution in [3.05, 3.63) is 64.1 Å². The Balaban J connectivity index is 2.21. The fraction of sp³-hybridized carbons (Fsp3) is 0.364. The molecule has 0 aliphatic heterocycles. The number of halogens is 2. The number of carbonyl (C=O) groups excluding carboxylic acids is 2. The van der Waals surface area contributed by atoms with Gasteiger partial charge in [0.2, 0.25) is 5.91 Å². The third kappa shape index (κ3) is 6.65. The molecule has 0 aromatic heterocycles. The van der Waals surface area contributed by atoms with Crippen molar-refractivity contribution >= 4 is 35.0 Å². The van der Waals surface area contributed by atoms with Gasteiger partial charge in [0.1, 0.15) is 11.8 Å². The van der Waals surface area contributed by atoms with E-state index in [2.05, 4.69) is 5.32 Å². The Morgan fingerprint density at radius 2 is 1.66 bits per heavy atom. The number of benzene rings is 2. The first-order valence-corrected chi connectivity index (χ1v) is 10.3. The lowest BCUT2D eigenvalue weighted by atomic mass is 10.1. The fourth-order valence-corrected chi connectivity index (χ4v) is 3.16. The summed E-state index contributed by atoms with van der Waals surface area (Å²) in [5, 5.41) is 3.79. The number of ether oxygens (including phenoxy) is 1. The molecule has 156 valence electrons. The molecule has 2 aromatic carbocycles. The van der Waals surface area contributed by atoms with E-state index in [0.29, 0.717) is 21.4 Å². The van der Waals surface area contributed by atoms with Crippen molar-refractivity contribution in [2.45, 2.75) is 45.8 Å². The Labute approximate surface area is 181 Å². The third-order valence-electron chi connectivity index (χ3n) is 4.66. The van der Waals surface area contributed by atoms with Crippen molar-refractivity contribution in [2.75, 3.05) is 6.61 Å².